The van der Waals surface area contributed by atoms with Crippen molar-refractivity contribution in [3.8, 4) is 0 Å². The minimum atomic E-state index is -0.788. The molecule has 0 aliphatic heterocycles. The zero-order valence-electron chi connectivity index (χ0n) is 9.44. The Labute approximate surface area is 97.3 Å². The van der Waals surface area contributed by atoms with Crippen LogP contribution in [0.5, 0.6) is 0 Å². The van der Waals surface area contributed by atoms with Gasteiger partial charge in [-0.1, -0.05) is 0 Å². The van der Waals surface area contributed by atoms with Crippen molar-refractivity contribution in [2.75, 3.05) is 5.32 Å². The molecule has 0 aliphatic carbocycles. The lowest BCUT2D eigenvalue weighted by atomic mass is 10.2. The predicted molar refractivity (Wildman–Crippen MR) is 60.1 cm³/mol. The molecule has 0 aromatic carbocycles. The Kier molecular flexibility index (Phi) is 2.86. The summed E-state index contributed by atoms with van der Waals surface area (Å²) in [5, 5.41) is 6.64. The first-order valence-electron chi connectivity index (χ1n) is 5.00. The van der Waals surface area contributed by atoms with Gasteiger partial charge in [0.1, 0.15) is 5.82 Å². The highest BCUT2D eigenvalue weighted by molar-refractivity contribution is 6.03. The van der Waals surface area contributed by atoms with Crippen LogP contribution < -0.4 is 5.32 Å². The molecule has 17 heavy (non-hydrogen) atoms. The van der Waals surface area contributed by atoms with Crippen molar-refractivity contribution in [1.29, 1.82) is 0 Å². The number of aromatic nitrogens is 3. The monoisotopic (exact) mass is 234 g/mol. The van der Waals surface area contributed by atoms with Gasteiger partial charge in [-0.25, -0.2) is 4.98 Å². The summed E-state index contributed by atoms with van der Waals surface area (Å²) in [5.74, 6) is -0.821. The van der Waals surface area contributed by atoms with Gasteiger partial charge in [0.15, 0.2) is 0 Å². The number of hydrogen-bond acceptors (Lipinski definition) is 3. The van der Waals surface area contributed by atoms with E-state index in [-0.39, 0.29) is 5.56 Å². The van der Waals surface area contributed by atoms with Crippen LogP contribution in [-0.2, 0) is 7.05 Å². The molecule has 0 atom stereocenters. The number of nitrogens with zero attached hydrogens (tertiary/aromatic N) is 3. The van der Waals surface area contributed by atoms with Crippen molar-refractivity contribution in [3.05, 3.63) is 41.6 Å². The second-order valence-corrected chi connectivity index (χ2v) is 3.59. The van der Waals surface area contributed by atoms with Crippen LogP contribution in [0.4, 0.5) is 10.2 Å². The van der Waals surface area contributed by atoms with E-state index in [1.165, 1.54) is 23.0 Å². The standard InChI is InChI=1S/C11H11FN4O/c1-7-6-9(16(2)15-7)14-11(17)8-4-3-5-13-10(8)12/h3-6H,1-2H3,(H,14,17). The van der Waals surface area contributed by atoms with E-state index in [9.17, 15) is 9.18 Å². The van der Waals surface area contributed by atoms with E-state index in [0.29, 0.717) is 5.82 Å². The van der Waals surface area contributed by atoms with Gasteiger partial charge in [0.2, 0.25) is 5.95 Å². The number of hydrogen-bond donors (Lipinski definition) is 1. The number of pyridine rings is 1. The van der Waals surface area contributed by atoms with Crippen LogP contribution in [-0.4, -0.2) is 20.7 Å². The first-order chi connectivity index (χ1) is 8.08. The molecule has 2 heterocycles. The summed E-state index contributed by atoms with van der Waals surface area (Å²) in [5.41, 5.74) is 0.681. The third-order valence-electron chi connectivity index (χ3n) is 2.25. The van der Waals surface area contributed by atoms with Crippen LogP contribution in [0.1, 0.15) is 16.1 Å². The van der Waals surface area contributed by atoms with E-state index in [1.807, 2.05) is 0 Å². The summed E-state index contributed by atoms with van der Waals surface area (Å²) in [7, 11) is 1.70. The van der Waals surface area contributed by atoms with E-state index < -0.39 is 11.9 Å². The number of anilines is 1. The maximum Gasteiger partial charge on any atom is 0.261 e. The molecule has 0 saturated carbocycles. The fraction of sp³-hybridized carbons (Fsp3) is 0.182. The van der Waals surface area contributed by atoms with Crippen LogP contribution in [0.3, 0.4) is 0 Å². The number of halogens is 1. The Morgan fingerprint density at radius 1 is 1.53 bits per heavy atom. The number of amides is 1. The molecule has 1 amide bonds. The molecule has 0 unspecified atom stereocenters. The Bertz CT molecular complexity index is 564. The Morgan fingerprint density at radius 2 is 2.29 bits per heavy atom. The zero-order chi connectivity index (χ0) is 12.4. The van der Waals surface area contributed by atoms with Crippen LogP contribution in [0, 0.1) is 12.9 Å². The largest absolute Gasteiger partial charge is 0.307 e. The molecule has 0 bridgehead atoms. The number of rotatable bonds is 2. The lowest BCUT2D eigenvalue weighted by Gasteiger charge is -2.05. The lowest BCUT2D eigenvalue weighted by Crippen LogP contribution is -2.16. The van der Waals surface area contributed by atoms with Gasteiger partial charge in [-0.15, -0.1) is 0 Å². The van der Waals surface area contributed by atoms with Gasteiger partial charge in [0.25, 0.3) is 5.91 Å². The highest BCUT2D eigenvalue weighted by Gasteiger charge is 2.13. The summed E-state index contributed by atoms with van der Waals surface area (Å²) < 4.78 is 14.8. The van der Waals surface area contributed by atoms with Crippen LogP contribution in [0.2, 0.25) is 0 Å². The third-order valence-corrected chi connectivity index (χ3v) is 2.25. The Hall–Kier alpha value is -2.24. The highest BCUT2D eigenvalue weighted by Crippen LogP contribution is 2.11. The average molecular weight is 234 g/mol. The van der Waals surface area contributed by atoms with Gasteiger partial charge in [0.05, 0.1) is 11.3 Å². The fourth-order valence-corrected chi connectivity index (χ4v) is 1.47. The maximum absolute atomic E-state index is 13.3. The van der Waals surface area contributed by atoms with E-state index in [0.717, 1.165) is 5.69 Å². The van der Waals surface area contributed by atoms with Crippen molar-refractivity contribution < 1.29 is 9.18 Å². The molecular formula is C11H11FN4O. The van der Waals surface area contributed by atoms with Crippen LogP contribution >= 0.6 is 0 Å². The summed E-state index contributed by atoms with van der Waals surface area (Å²) in [4.78, 5) is 15.2. The zero-order valence-corrected chi connectivity index (χ0v) is 9.44. The number of nitrogens with one attached hydrogen (secondary N) is 1. The molecular weight excluding hydrogens is 223 g/mol. The molecule has 2 aromatic heterocycles. The molecule has 1 N–H and O–H groups in total. The third kappa shape index (κ3) is 2.30. The van der Waals surface area contributed by atoms with Crippen LogP contribution in [0.25, 0.3) is 0 Å². The quantitative estimate of drug-likeness (QED) is 0.801. The highest BCUT2D eigenvalue weighted by atomic mass is 19.1. The molecule has 2 aromatic rings. The molecule has 0 saturated heterocycles. The van der Waals surface area contributed by atoms with Gasteiger partial charge < -0.3 is 5.32 Å². The average Bonchev–Trinajstić information content (AvgIpc) is 2.58. The predicted octanol–water partition coefficient (Wildman–Crippen LogP) is 1.51. The normalized spacial score (nSPS) is 10.3. The fourth-order valence-electron chi connectivity index (χ4n) is 1.47. The topological polar surface area (TPSA) is 59.8 Å². The summed E-state index contributed by atoms with van der Waals surface area (Å²) in [6, 6.07) is 4.58. The Morgan fingerprint density at radius 3 is 2.88 bits per heavy atom. The van der Waals surface area contributed by atoms with Crippen LogP contribution in [0.15, 0.2) is 24.4 Å². The number of aryl methyl sites for hydroxylation is 2. The Balaban J connectivity index is 2.23. The molecule has 0 spiro atoms. The summed E-state index contributed by atoms with van der Waals surface area (Å²) >= 11 is 0. The molecule has 0 fully saturated rings. The van der Waals surface area contributed by atoms with Gasteiger partial charge in [0, 0.05) is 19.3 Å². The minimum absolute atomic E-state index is 0.0913. The van der Waals surface area contributed by atoms with Gasteiger partial charge in [-0.3, -0.25) is 9.48 Å². The molecule has 5 nitrogen and oxygen atoms in total. The second-order valence-electron chi connectivity index (χ2n) is 3.59. The van der Waals surface area contributed by atoms with Gasteiger partial charge in [-0.05, 0) is 19.1 Å². The smallest absolute Gasteiger partial charge is 0.261 e. The second kappa shape index (κ2) is 4.32. The SMILES string of the molecule is Cc1cc(NC(=O)c2cccnc2F)n(C)n1. The lowest BCUT2D eigenvalue weighted by molar-refractivity contribution is 0.102. The molecule has 2 rings (SSSR count). The van der Waals surface area contributed by atoms with Crippen molar-refractivity contribution in [3.63, 3.8) is 0 Å². The molecule has 88 valence electrons. The first-order valence-corrected chi connectivity index (χ1v) is 5.00. The van der Waals surface area contributed by atoms with Gasteiger partial charge >= 0.3 is 0 Å². The molecule has 6 heteroatoms. The molecule has 0 aliphatic rings. The van der Waals surface area contributed by atoms with E-state index in [1.54, 1.807) is 20.0 Å². The van der Waals surface area contributed by atoms with Crippen molar-refractivity contribution in [1.82, 2.24) is 14.8 Å². The first kappa shape index (κ1) is 11.3. The van der Waals surface area contributed by atoms with E-state index >= 15 is 0 Å². The maximum atomic E-state index is 13.3. The van der Waals surface area contributed by atoms with Crippen molar-refractivity contribution in [2.24, 2.45) is 7.05 Å². The van der Waals surface area contributed by atoms with E-state index in [2.05, 4.69) is 15.4 Å². The number of carbonyl (C=O) groups excluding carboxylic acids is 1. The van der Waals surface area contributed by atoms with Crippen molar-refractivity contribution >= 4 is 11.7 Å². The minimum Gasteiger partial charge on any atom is -0.307 e. The molecule has 0 radical (unpaired) electrons. The van der Waals surface area contributed by atoms with E-state index in [4.69, 9.17) is 0 Å². The number of carbonyl (C=O) groups is 1. The van der Waals surface area contributed by atoms with Crippen molar-refractivity contribution in [2.45, 2.75) is 6.92 Å². The van der Waals surface area contributed by atoms with Gasteiger partial charge in [-0.2, -0.15) is 9.49 Å². The summed E-state index contributed by atoms with van der Waals surface area (Å²) in [6.07, 6.45) is 1.29. The summed E-state index contributed by atoms with van der Waals surface area (Å²) in [6.45, 7) is 1.81.